The van der Waals surface area contributed by atoms with Crippen molar-refractivity contribution in [1.29, 1.82) is 0 Å². The largest absolute Gasteiger partial charge is 0.368 e. The van der Waals surface area contributed by atoms with Gasteiger partial charge in [-0.05, 0) is 25.3 Å². The van der Waals surface area contributed by atoms with Gasteiger partial charge in [-0.2, -0.15) is 0 Å². The Morgan fingerprint density at radius 3 is 2.73 bits per heavy atom. The molecule has 3 amide bonds. The number of nitrogens with zero attached hydrogens (tertiary/aromatic N) is 2. The number of nitrogens with one attached hydrogen (secondary N) is 5. The topological polar surface area (TPSA) is 141 Å². The first-order valence-corrected chi connectivity index (χ1v) is 11.0. The zero-order valence-corrected chi connectivity index (χ0v) is 18.4. The van der Waals surface area contributed by atoms with E-state index in [-0.39, 0.29) is 17.7 Å². The molecule has 3 heterocycles. The van der Waals surface area contributed by atoms with Gasteiger partial charge in [0.05, 0.1) is 5.39 Å². The number of fused-ring (bicyclic) bond motifs is 1. The summed E-state index contributed by atoms with van der Waals surface area (Å²) >= 11 is 0. The number of hydrogen-bond donors (Lipinski definition) is 5. The summed E-state index contributed by atoms with van der Waals surface area (Å²) < 4.78 is 0. The van der Waals surface area contributed by atoms with Crippen molar-refractivity contribution in [2.24, 2.45) is 0 Å². The lowest BCUT2D eigenvalue weighted by atomic mass is 10.1. The standard InChI is InChI=1S/C23H27N7O3/c1-14(31)24-11-12-25-20-16-13-18(23(33)28-17-9-5-6-10-26-22(17)32)27-21(16)30-19(29-20)15-7-3-2-4-8-15/h2-4,7-8,13,17H,5-6,9-12H2,1H3,(H,24,31)(H,26,32)(H,28,33)(H2,25,27,29,30)/t17-/m0/s1. The fourth-order valence-electron chi connectivity index (χ4n) is 3.72. The van der Waals surface area contributed by atoms with E-state index in [2.05, 4.69) is 36.2 Å². The molecule has 1 aromatic carbocycles. The first kappa shape index (κ1) is 22.3. The van der Waals surface area contributed by atoms with Crippen molar-refractivity contribution in [3.05, 3.63) is 42.1 Å². The van der Waals surface area contributed by atoms with Crippen LogP contribution in [0, 0.1) is 0 Å². The van der Waals surface area contributed by atoms with Crippen molar-refractivity contribution in [2.45, 2.75) is 32.2 Å². The Morgan fingerprint density at radius 2 is 1.94 bits per heavy atom. The fourth-order valence-corrected chi connectivity index (χ4v) is 3.72. The van der Waals surface area contributed by atoms with Gasteiger partial charge >= 0.3 is 0 Å². The van der Waals surface area contributed by atoms with Crippen LogP contribution in [0.2, 0.25) is 0 Å². The van der Waals surface area contributed by atoms with E-state index in [0.717, 1.165) is 18.4 Å². The number of hydrogen-bond acceptors (Lipinski definition) is 6. The molecular weight excluding hydrogens is 422 g/mol. The molecule has 3 aromatic rings. The molecule has 10 heteroatoms. The van der Waals surface area contributed by atoms with Gasteiger partial charge in [0, 0.05) is 32.1 Å². The molecule has 10 nitrogen and oxygen atoms in total. The number of anilines is 1. The number of H-pyrrole nitrogens is 1. The molecule has 172 valence electrons. The Morgan fingerprint density at radius 1 is 1.12 bits per heavy atom. The molecule has 1 aliphatic heterocycles. The molecule has 1 saturated heterocycles. The van der Waals surface area contributed by atoms with Gasteiger partial charge in [0.25, 0.3) is 5.91 Å². The minimum Gasteiger partial charge on any atom is -0.368 e. The Bertz CT molecular complexity index is 1160. The summed E-state index contributed by atoms with van der Waals surface area (Å²) in [6.07, 6.45) is 2.37. The third-order valence-electron chi connectivity index (χ3n) is 5.40. The van der Waals surface area contributed by atoms with Crippen LogP contribution in [0.15, 0.2) is 36.4 Å². The molecule has 0 spiro atoms. The Hall–Kier alpha value is -3.95. The third kappa shape index (κ3) is 5.46. The summed E-state index contributed by atoms with van der Waals surface area (Å²) in [5.41, 5.74) is 1.63. The fraction of sp³-hybridized carbons (Fsp3) is 0.348. The third-order valence-corrected chi connectivity index (χ3v) is 5.40. The number of carbonyl (C=O) groups is 3. The van der Waals surface area contributed by atoms with Crippen molar-refractivity contribution in [3.63, 3.8) is 0 Å². The molecule has 5 N–H and O–H groups in total. The minimum atomic E-state index is -0.562. The molecule has 4 rings (SSSR count). The molecular formula is C23H27N7O3. The molecule has 1 atom stereocenters. The molecule has 33 heavy (non-hydrogen) atoms. The molecule has 2 aromatic heterocycles. The quantitative estimate of drug-likeness (QED) is 0.347. The van der Waals surface area contributed by atoms with E-state index in [4.69, 9.17) is 0 Å². The number of aromatic amines is 1. The molecule has 0 aliphatic carbocycles. The Labute approximate surface area is 191 Å². The lowest BCUT2D eigenvalue weighted by Crippen LogP contribution is -2.45. The second-order valence-corrected chi connectivity index (χ2v) is 7.93. The monoisotopic (exact) mass is 449 g/mol. The first-order chi connectivity index (χ1) is 16.0. The summed E-state index contributed by atoms with van der Waals surface area (Å²) in [6, 6.07) is 10.6. The molecule has 0 unspecified atom stereocenters. The van der Waals surface area contributed by atoms with Gasteiger partial charge in [-0.1, -0.05) is 30.3 Å². The highest BCUT2D eigenvalue weighted by atomic mass is 16.2. The highest BCUT2D eigenvalue weighted by Gasteiger charge is 2.24. The normalized spacial score (nSPS) is 16.0. The van der Waals surface area contributed by atoms with Gasteiger partial charge < -0.3 is 26.3 Å². The van der Waals surface area contributed by atoms with Gasteiger partial charge in [-0.25, -0.2) is 9.97 Å². The van der Waals surface area contributed by atoms with Gasteiger partial charge in [-0.3, -0.25) is 14.4 Å². The van der Waals surface area contributed by atoms with Gasteiger partial charge in [0.15, 0.2) is 5.82 Å². The van der Waals surface area contributed by atoms with E-state index in [9.17, 15) is 14.4 Å². The second kappa shape index (κ2) is 10.1. The van der Waals surface area contributed by atoms with Crippen LogP contribution < -0.4 is 21.3 Å². The van der Waals surface area contributed by atoms with Gasteiger partial charge in [0.2, 0.25) is 11.8 Å². The number of rotatable bonds is 7. The highest BCUT2D eigenvalue weighted by molar-refractivity contribution is 6.02. The summed E-state index contributed by atoms with van der Waals surface area (Å²) in [6.45, 7) is 2.97. The van der Waals surface area contributed by atoms with Crippen molar-refractivity contribution >= 4 is 34.6 Å². The minimum absolute atomic E-state index is 0.113. The lowest BCUT2D eigenvalue weighted by molar-refractivity contribution is -0.122. The van der Waals surface area contributed by atoms with Crippen LogP contribution >= 0.6 is 0 Å². The van der Waals surface area contributed by atoms with Crippen LogP contribution in [-0.2, 0) is 9.59 Å². The predicted octanol–water partition coefficient (Wildman–Crippen LogP) is 1.57. The molecule has 0 saturated carbocycles. The van der Waals surface area contributed by atoms with Crippen molar-refractivity contribution in [2.75, 3.05) is 25.0 Å². The maximum Gasteiger partial charge on any atom is 0.268 e. The van der Waals surface area contributed by atoms with Crippen molar-refractivity contribution in [1.82, 2.24) is 30.9 Å². The number of carbonyl (C=O) groups excluding carboxylic acids is 3. The van der Waals surface area contributed by atoms with E-state index in [1.165, 1.54) is 6.92 Å². The van der Waals surface area contributed by atoms with E-state index in [0.29, 0.717) is 54.4 Å². The van der Waals surface area contributed by atoms with Crippen molar-refractivity contribution < 1.29 is 14.4 Å². The SMILES string of the molecule is CC(=O)NCCNc1nc(-c2ccccc2)nc2[nH]c(C(=O)N[C@H]3CCCCNC3=O)cc12. The summed E-state index contributed by atoms with van der Waals surface area (Å²) in [5.74, 6) is 0.399. The summed E-state index contributed by atoms with van der Waals surface area (Å²) in [4.78, 5) is 48.6. The summed E-state index contributed by atoms with van der Waals surface area (Å²) in [5, 5.41) is 12.2. The van der Waals surface area contributed by atoms with E-state index in [1.54, 1.807) is 6.07 Å². The smallest absolute Gasteiger partial charge is 0.268 e. The number of amides is 3. The van der Waals surface area contributed by atoms with Crippen LogP contribution in [0.1, 0.15) is 36.7 Å². The predicted molar refractivity (Wildman–Crippen MR) is 125 cm³/mol. The molecule has 0 radical (unpaired) electrons. The first-order valence-electron chi connectivity index (χ1n) is 11.0. The van der Waals surface area contributed by atoms with Gasteiger partial charge in [-0.15, -0.1) is 0 Å². The second-order valence-electron chi connectivity index (χ2n) is 7.93. The average Bonchev–Trinajstić information content (AvgIpc) is 3.15. The van der Waals surface area contributed by atoms with E-state index in [1.807, 2.05) is 30.3 Å². The van der Waals surface area contributed by atoms with Crippen LogP contribution in [0.3, 0.4) is 0 Å². The summed E-state index contributed by atoms with van der Waals surface area (Å²) in [7, 11) is 0. The average molecular weight is 450 g/mol. The van der Waals surface area contributed by atoms with Gasteiger partial charge in [0.1, 0.15) is 23.2 Å². The Kier molecular flexibility index (Phi) is 6.82. The zero-order valence-electron chi connectivity index (χ0n) is 18.4. The number of benzene rings is 1. The van der Waals surface area contributed by atoms with Crippen LogP contribution in [0.4, 0.5) is 5.82 Å². The van der Waals surface area contributed by atoms with E-state index >= 15 is 0 Å². The zero-order chi connectivity index (χ0) is 23.2. The van der Waals surface area contributed by atoms with Crippen LogP contribution in [0.25, 0.3) is 22.4 Å². The molecule has 1 aliphatic rings. The van der Waals surface area contributed by atoms with Crippen LogP contribution in [-0.4, -0.2) is 58.3 Å². The van der Waals surface area contributed by atoms with Crippen LogP contribution in [0.5, 0.6) is 0 Å². The Balaban J connectivity index is 1.62. The van der Waals surface area contributed by atoms with Crippen molar-refractivity contribution in [3.8, 4) is 11.4 Å². The maximum atomic E-state index is 12.9. The lowest BCUT2D eigenvalue weighted by Gasteiger charge is -2.14. The van der Waals surface area contributed by atoms with E-state index < -0.39 is 6.04 Å². The number of aromatic nitrogens is 3. The molecule has 1 fully saturated rings. The maximum absolute atomic E-state index is 12.9. The highest BCUT2D eigenvalue weighted by Crippen LogP contribution is 2.25. The molecule has 0 bridgehead atoms.